The summed E-state index contributed by atoms with van der Waals surface area (Å²) in [6.07, 6.45) is 11.1. The molecule has 0 radical (unpaired) electrons. The van der Waals surface area contributed by atoms with Crippen molar-refractivity contribution in [2.75, 3.05) is 26.2 Å². The molecule has 0 N–H and O–H groups in total. The van der Waals surface area contributed by atoms with Crippen molar-refractivity contribution in [3.05, 3.63) is 0 Å². The fourth-order valence-corrected chi connectivity index (χ4v) is 2.64. The predicted octanol–water partition coefficient (Wildman–Crippen LogP) is 5.00. The molecule has 2 heteroatoms. The Morgan fingerprint density at radius 1 is 0.500 bits per heavy atom. The largest absolute Gasteiger partial charge is 5.00 e. The Labute approximate surface area is 128 Å². The van der Waals surface area contributed by atoms with E-state index >= 15 is 0 Å². The van der Waals surface area contributed by atoms with Gasteiger partial charge in [0.2, 0.25) is 0 Å². The molecule has 0 amide bonds. The van der Waals surface area contributed by atoms with E-state index < -0.39 is 0 Å². The van der Waals surface area contributed by atoms with Crippen LogP contribution in [0.1, 0.15) is 79.1 Å². The summed E-state index contributed by atoms with van der Waals surface area (Å²) in [6.45, 7) is 15.0. The Bertz CT molecular complexity index is 122. The Morgan fingerprint density at radius 3 is 0.889 bits per heavy atom. The Morgan fingerprint density at radius 2 is 0.722 bits per heavy atom. The van der Waals surface area contributed by atoms with Gasteiger partial charge < -0.3 is 4.48 Å². The first-order valence-corrected chi connectivity index (χ1v) is 8.09. The molecule has 0 bridgehead atoms. The summed E-state index contributed by atoms with van der Waals surface area (Å²) < 4.78 is 1.42. The minimum atomic E-state index is 0. The molecule has 0 unspecified atom stereocenters. The first kappa shape index (κ1) is 20.9. The quantitative estimate of drug-likeness (QED) is 0.444. The second-order valence-electron chi connectivity index (χ2n) is 5.65. The molecule has 104 valence electrons. The van der Waals surface area contributed by atoms with E-state index in [9.17, 15) is 0 Å². The van der Waals surface area contributed by atoms with Gasteiger partial charge >= 0.3 is 18.6 Å². The molecular weight excluding hydrogens is 257 g/mol. The van der Waals surface area contributed by atoms with Crippen LogP contribution in [0.2, 0.25) is 0 Å². The number of rotatable bonds is 12. The molecule has 0 saturated heterocycles. The van der Waals surface area contributed by atoms with Gasteiger partial charge in [0.1, 0.15) is 0 Å². The maximum Gasteiger partial charge on any atom is 5.00 e. The van der Waals surface area contributed by atoms with Gasteiger partial charge in [-0.1, -0.05) is 53.4 Å². The van der Waals surface area contributed by atoms with Crippen LogP contribution in [0.5, 0.6) is 0 Å². The molecule has 0 aliphatic heterocycles. The summed E-state index contributed by atoms with van der Waals surface area (Å²) in [6, 6.07) is 0. The van der Waals surface area contributed by atoms with Crippen LogP contribution in [0.3, 0.4) is 0 Å². The zero-order valence-electron chi connectivity index (χ0n) is 13.4. The van der Waals surface area contributed by atoms with Gasteiger partial charge in [-0.15, -0.1) is 0 Å². The average molecular weight is 293 g/mol. The Kier molecular flexibility index (Phi) is 16.2. The van der Waals surface area contributed by atoms with E-state index in [1.165, 1.54) is 82.0 Å². The van der Waals surface area contributed by atoms with Crippen LogP contribution in [-0.4, -0.2) is 30.7 Å². The van der Waals surface area contributed by atoms with Gasteiger partial charge in [0, 0.05) is 0 Å². The molecule has 0 aromatic heterocycles. The van der Waals surface area contributed by atoms with Crippen molar-refractivity contribution in [2.45, 2.75) is 79.1 Å². The Hall–Kier alpha value is 0.544. The minimum absolute atomic E-state index is 0. The van der Waals surface area contributed by atoms with Crippen LogP contribution >= 0.6 is 0 Å². The van der Waals surface area contributed by atoms with Crippen LogP contribution in [0.4, 0.5) is 0 Å². The zero-order valence-corrected chi connectivity index (χ0v) is 14.8. The molecule has 0 aliphatic carbocycles. The third kappa shape index (κ3) is 9.47. The van der Waals surface area contributed by atoms with Gasteiger partial charge in [-0.25, -0.2) is 0 Å². The summed E-state index contributed by atoms with van der Waals surface area (Å²) >= 11 is 0. The zero-order chi connectivity index (χ0) is 13.0. The summed E-state index contributed by atoms with van der Waals surface area (Å²) in [4.78, 5) is 0. The fourth-order valence-electron chi connectivity index (χ4n) is 2.64. The number of hydrogen-bond acceptors (Lipinski definition) is 0. The van der Waals surface area contributed by atoms with Gasteiger partial charge in [0.05, 0.1) is 26.2 Å². The number of nitrogens with zero attached hydrogens (tertiary/aromatic N) is 1. The van der Waals surface area contributed by atoms with E-state index in [1.54, 1.807) is 0 Å². The number of quaternary nitrogens is 1. The fraction of sp³-hybridized carbons (Fsp3) is 1.00. The summed E-state index contributed by atoms with van der Waals surface area (Å²) in [5.41, 5.74) is 0. The predicted molar refractivity (Wildman–Crippen MR) is 79.4 cm³/mol. The molecule has 18 heavy (non-hydrogen) atoms. The van der Waals surface area contributed by atoms with Crippen LogP contribution in [-0.2, 0) is 18.6 Å². The average Bonchev–Trinajstić information content (AvgIpc) is 2.37. The molecule has 0 aromatic rings. The second kappa shape index (κ2) is 14.0. The maximum atomic E-state index is 2.33. The van der Waals surface area contributed by atoms with Crippen molar-refractivity contribution in [2.24, 2.45) is 0 Å². The van der Waals surface area contributed by atoms with Crippen molar-refractivity contribution in [1.82, 2.24) is 0 Å². The van der Waals surface area contributed by atoms with Gasteiger partial charge in [0.25, 0.3) is 0 Å². The Balaban J connectivity index is 0. The number of unbranched alkanes of at least 4 members (excludes halogenated alkanes) is 4. The van der Waals surface area contributed by atoms with E-state index in [2.05, 4.69) is 27.7 Å². The van der Waals surface area contributed by atoms with Gasteiger partial charge in [-0.05, 0) is 25.7 Å². The van der Waals surface area contributed by atoms with Crippen molar-refractivity contribution < 1.29 is 23.0 Å². The van der Waals surface area contributed by atoms with Crippen molar-refractivity contribution in [1.29, 1.82) is 0 Å². The molecule has 0 spiro atoms. The maximum absolute atomic E-state index is 2.33. The molecule has 0 aliphatic rings. The van der Waals surface area contributed by atoms with E-state index in [-0.39, 0.29) is 18.6 Å². The van der Waals surface area contributed by atoms with Gasteiger partial charge in [0.15, 0.2) is 0 Å². The topological polar surface area (TPSA) is 0 Å². The molecular formula is C16H36NV+6. The van der Waals surface area contributed by atoms with Gasteiger partial charge in [-0.3, -0.25) is 0 Å². The SMILES string of the molecule is CCCC[N+](CCCC)(CCCC)CCCC.[V+5]. The van der Waals surface area contributed by atoms with Crippen LogP contribution in [0.25, 0.3) is 0 Å². The standard InChI is InChI=1S/C16H36N.V/c1-5-9-13-17(14-10-6-2,15-11-7-3)16-12-8-4;/h5-16H2,1-4H3;/q+1;+5. The minimum Gasteiger partial charge on any atom is -0.324 e. The summed E-state index contributed by atoms with van der Waals surface area (Å²) in [7, 11) is 0. The van der Waals surface area contributed by atoms with E-state index in [4.69, 9.17) is 0 Å². The smallest absolute Gasteiger partial charge is 0.324 e. The molecule has 0 saturated carbocycles. The number of hydrogen-bond donors (Lipinski definition) is 0. The summed E-state index contributed by atoms with van der Waals surface area (Å²) in [5.74, 6) is 0. The molecule has 0 fully saturated rings. The molecule has 0 atom stereocenters. The first-order valence-electron chi connectivity index (χ1n) is 8.09. The molecule has 0 aromatic carbocycles. The van der Waals surface area contributed by atoms with E-state index in [0.29, 0.717) is 0 Å². The molecule has 1 nitrogen and oxygen atoms in total. The summed E-state index contributed by atoms with van der Waals surface area (Å²) in [5, 5.41) is 0. The van der Waals surface area contributed by atoms with Crippen molar-refractivity contribution in [3.63, 3.8) is 0 Å². The van der Waals surface area contributed by atoms with Crippen molar-refractivity contribution in [3.8, 4) is 0 Å². The van der Waals surface area contributed by atoms with Crippen molar-refractivity contribution >= 4 is 0 Å². The van der Waals surface area contributed by atoms with Crippen LogP contribution in [0.15, 0.2) is 0 Å². The molecule has 0 rings (SSSR count). The second-order valence-corrected chi connectivity index (χ2v) is 5.65. The van der Waals surface area contributed by atoms with Crippen LogP contribution < -0.4 is 0 Å². The third-order valence-corrected chi connectivity index (χ3v) is 3.94. The van der Waals surface area contributed by atoms with Crippen LogP contribution in [0, 0.1) is 0 Å². The third-order valence-electron chi connectivity index (χ3n) is 3.94. The monoisotopic (exact) mass is 293 g/mol. The van der Waals surface area contributed by atoms with E-state index in [1.807, 2.05) is 0 Å². The molecule has 0 heterocycles. The first-order chi connectivity index (χ1) is 8.24. The van der Waals surface area contributed by atoms with Gasteiger partial charge in [-0.2, -0.15) is 0 Å². The van der Waals surface area contributed by atoms with E-state index in [0.717, 1.165) is 0 Å². The normalized spacial score (nSPS) is 11.3.